The third kappa shape index (κ3) is 4.45. The number of rotatable bonds is 3. The molecule has 1 aliphatic heterocycles. The molecule has 0 unspecified atom stereocenters. The molecule has 2 aromatic rings. The fourth-order valence-corrected chi connectivity index (χ4v) is 3.09. The molecule has 26 heavy (non-hydrogen) atoms. The van der Waals surface area contributed by atoms with Crippen molar-refractivity contribution in [1.29, 1.82) is 0 Å². The molecule has 0 amide bonds. The van der Waals surface area contributed by atoms with E-state index in [1.807, 2.05) is 18.2 Å². The lowest BCUT2D eigenvalue weighted by Crippen LogP contribution is -2.38. The van der Waals surface area contributed by atoms with Gasteiger partial charge in [-0.3, -0.25) is 0 Å². The Morgan fingerprint density at radius 3 is 2.54 bits per heavy atom. The van der Waals surface area contributed by atoms with Crippen LogP contribution < -0.4 is 10.2 Å². The second-order valence-corrected chi connectivity index (χ2v) is 6.26. The maximum absolute atomic E-state index is 11.5. The highest BCUT2D eigenvalue weighted by Crippen LogP contribution is 2.14. The van der Waals surface area contributed by atoms with Crippen LogP contribution in [-0.2, 0) is 4.74 Å². The van der Waals surface area contributed by atoms with Gasteiger partial charge in [-0.1, -0.05) is 0 Å². The molecule has 1 N–H and O–H groups in total. The number of carbonyl (C=O) groups is 1. The molecule has 0 bridgehead atoms. The first-order valence-corrected chi connectivity index (χ1v) is 8.84. The number of carbonyl (C=O) groups excluding carboxylic acids is 1. The maximum atomic E-state index is 11.5. The van der Waals surface area contributed by atoms with Gasteiger partial charge >= 0.3 is 5.97 Å². The highest BCUT2D eigenvalue weighted by molar-refractivity contribution is 7.80. The summed E-state index contributed by atoms with van der Waals surface area (Å²) in [6.45, 7) is 3.38. The van der Waals surface area contributed by atoms with Crippen LogP contribution in [0.2, 0.25) is 0 Å². The summed E-state index contributed by atoms with van der Waals surface area (Å²) in [4.78, 5) is 24.5. The number of anilines is 2. The Morgan fingerprint density at radius 2 is 1.85 bits per heavy atom. The van der Waals surface area contributed by atoms with E-state index in [0.29, 0.717) is 10.7 Å². The van der Waals surface area contributed by atoms with E-state index in [-0.39, 0.29) is 5.97 Å². The van der Waals surface area contributed by atoms with Crippen molar-refractivity contribution in [2.45, 2.75) is 6.42 Å². The monoisotopic (exact) mass is 371 g/mol. The minimum Gasteiger partial charge on any atom is -0.465 e. The first kappa shape index (κ1) is 18.1. The summed E-state index contributed by atoms with van der Waals surface area (Å²) in [7, 11) is 1.37. The Bertz CT molecular complexity index is 754. The minimum absolute atomic E-state index is 0.352. The van der Waals surface area contributed by atoms with Crippen LogP contribution >= 0.6 is 12.2 Å². The molecule has 0 atom stereocenters. The normalized spacial score (nSPS) is 14.5. The van der Waals surface area contributed by atoms with Gasteiger partial charge in [0.1, 0.15) is 0 Å². The van der Waals surface area contributed by atoms with Gasteiger partial charge in [-0.25, -0.2) is 14.8 Å². The molecule has 0 spiro atoms. The van der Waals surface area contributed by atoms with Crippen molar-refractivity contribution in [3.63, 3.8) is 0 Å². The number of nitrogens with one attached hydrogen (secondary N) is 1. The highest BCUT2D eigenvalue weighted by atomic mass is 32.1. The number of hydrogen-bond donors (Lipinski definition) is 1. The quantitative estimate of drug-likeness (QED) is 0.650. The fraction of sp³-hybridized carbons (Fsp3) is 0.333. The zero-order chi connectivity index (χ0) is 18.4. The molecule has 8 heteroatoms. The summed E-state index contributed by atoms with van der Waals surface area (Å²) in [5.74, 6) is 0.404. The fourth-order valence-electron chi connectivity index (χ4n) is 2.79. The number of esters is 1. The number of hydrogen-bond acceptors (Lipinski definition) is 6. The zero-order valence-electron chi connectivity index (χ0n) is 14.6. The predicted molar refractivity (Wildman–Crippen MR) is 104 cm³/mol. The summed E-state index contributed by atoms with van der Waals surface area (Å²) < 4.78 is 4.70. The first-order valence-electron chi connectivity index (χ1n) is 8.43. The van der Waals surface area contributed by atoms with Crippen molar-refractivity contribution in [2.75, 3.05) is 43.5 Å². The van der Waals surface area contributed by atoms with Crippen LogP contribution in [0.5, 0.6) is 0 Å². The topological polar surface area (TPSA) is 70.6 Å². The van der Waals surface area contributed by atoms with E-state index >= 15 is 0 Å². The van der Waals surface area contributed by atoms with Crippen molar-refractivity contribution in [3.05, 3.63) is 48.3 Å². The molecular weight excluding hydrogens is 350 g/mol. The average molecular weight is 371 g/mol. The number of ether oxygens (including phenoxy) is 1. The van der Waals surface area contributed by atoms with E-state index in [1.54, 1.807) is 24.5 Å². The molecular formula is C18H21N5O2S. The van der Waals surface area contributed by atoms with E-state index < -0.39 is 0 Å². The van der Waals surface area contributed by atoms with Crippen molar-refractivity contribution in [3.8, 4) is 0 Å². The van der Waals surface area contributed by atoms with Gasteiger partial charge in [0.15, 0.2) is 5.11 Å². The van der Waals surface area contributed by atoms with Gasteiger partial charge in [-0.05, 0) is 49.0 Å². The Kier molecular flexibility index (Phi) is 5.96. The zero-order valence-corrected chi connectivity index (χ0v) is 15.4. The van der Waals surface area contributed by atoms with Crippen LogP contribution in [0.4, 0.5) is 11.6 Å². The molecule has 136 valence electrons. The van der Waals surface area contributed by atoms with Crippen molar-refractivity contribution in [2.24, 2.45) is 0 Å². The number of nitrogens with zero attached hydrogens (tertiary/aromatic N) is 4. The third-order valence-corrected chi connectivity index (χ3v) is 4.54. The average Bonchev–Trinajstić information content (AvgIpc) is 2.95. The third-order valence-electron chi connectivity index (χ3n) is 4.18. The van der Waals surface area contributed by atoms with Crippen molar-refractivity contribution in [1.82, 2.24) is 14.9 Å². The van der Waals surface area contributed by atoms with E-state index in [9.17, 15) is 4.79 Å². The molecule has 0 radical (unpaired) electrons. The van der Waals surface area contributed by atoms with Gasteiger partial charge in [0, 0.05) is 44.3 Å². The Balaban J connectivity index is 1.57. The molecule has 1 fully saturated rings. The van der Waals surface area contributed by atoms with Crippen LogP contribution in [0.25, 0.3) is 0 Å². The summed E-state index contributed by atoms with van der Waals surface area (Å²) in [5.41, 5.74) is 1.35. The van der Waals surface area contributed by atoms with Crippen LogP contribution in [0.3, 0.4) is 0 Å². The van der Waals surface area contributed by atoms with Crippen LogP contribution in [0, 0.1) is 0 Å². The molecule has 1 aromatic carbocycles. The van der Waals surface area contributed by atoms with Gasteiger partial charge in [0.2, 0.25) is 5.95 Å². The minimum atomic E-state index is -0.352. The Hall–Kier alpha value is -2.74. The molecule has 0 aliphatic carbocycles. The number of methoxy groups -OCH3 is 1. The molecule has 1 aromatic heterocycles. The lowest BCUT2D eigenvalue weighted by Gasteiger charge is -2.24. The van der Waals surface area contributed by atoms with Gasteiger partial charge in [0.05, 0.1) is 12.7 Å². The molecule has 1 aliphatic rings. The molecule has 7 nitrogen and oxygen atoms in total. The predicted octanol–water partition coefficient (Wildman–Crippen LogP) is 2.17. The summed E-state index contributed by atoms with van der Waals surface area (Å²) in [5, 5.41) is 3.91. The van der Waals surface area contributed by atoms with Gasteiger partial charge in [0.25, 0.3) is 0 Å². The van der Waals surface area contributed by atoms with Crippen LogP contribution in [0.15, 0.2) is 42.7 Å². The van der Waals surface area contributed by atoms with E-state index in [0.717, 1.165) is 44.2 Å². The lowest BCUT2D eigenvalue weighted by molar-refractivity contribution is 0.0601. The summed E-state index contributed by atoms with van der Waals surface area (Å²) in [6.07, 6.45) is 4.49. The van der Waals surface area contributed by atoms with Crippen LogP contribution in [-0.4, -0.2) is 59.2 Å². The van der Waals surface area contributed by atoms with E-state index in [1.165, 1.54) is 7.11 Å². The maximum Gasteiger partial charge on any atom is 0.337 e. The standard InChI is InChI=1S/C18H21N5O2S/c1-25-16(24)14-4-6-15(7-5-14)21-18(26)23-11-3-10-22(12-13-23)17-19-8-2-9-20-17/h2,4-9H,3,10-13H2,1H3,(H,21,26). The molecule has 1 saturated heterocycles. The first-order chi connectivity index (χ1) is 12.7. The summed E-state index contributed by atoms with van der Waals surface area (Å²) in [6, 6.07) is 8.89. The Morgan fingerprint density at radius 1 is 1.12 bits per heavy atom. The molecule has 3 rings (SSSR count). The van der Waals surface area contributed by atoms with Crippen LogP contribution in [0.1, 0.15) is 16.8 Å². The number of benzene rings is 1. The number of aromatic nitrogens is 2. The van der Waals surface area contributed by atoms with Crippen molar-refractivity contribution >= 4 is 34.9 Å². The summed E-state index contributed by atoms with van der Waals surface area (Å²) >= 11 is 5.55. The smallest absolute Gasteiger partial charge is 0.337 e. The van der Waals surface area contributed by atoms with Crippen molar-refractivity contribution < 1.29 is 9.53 Å². The molecule has 2 heterocycles. The number of thiocarbonyl (C=S) groups is 1. The Labute approximate surface area is 158 Å². The van der Waals surface area contributed by atoms with E-state index in [2.05, 4.69) is 25.1 Å². The lowest BCUT2D eigenvalue weighted by atomic mass is 10.2. The largest absolute Gasteiger partial charge is 0.465 e. The van der Waals surface area contributed by atoms with Gasteiger partial charge in [-0.2, -0.15) is 0 Å². The SMILES string of the molecule is COC(=O)c1ccc(NC(=S)N2CCCN(c3ncccn3)CC2)cc1. The highest BCUT2D eigenvalue weighted by Gasteiger charge is 2.18. The second-order valence-electron chi connectivity index (χ2n) is 5.88. The van der Waals surface area contributed by atoms with E-state index in [4.69, 9.17) is 17.0 Å². The molecule has 0 saturated carbocycles. The second kappa shape index (κ2) is 8.57. The van der Waals surface area contributed by atoms with Gasteiger partial charge < -0.3 is 19.9 Å². The van der Waals surface area contributed by atoms with Gasteiger partial charge in [-0.15, -0.1) is 0 Å².